The maximum Gasteiger partial charge on any atom is 0.152 e. The molecule has 0 radical (unpaired) electrons. The molecule has 2 saturated heterocycles. The van der Waals surface area contributed by atoms with E-state index in [1.165, 1.54) is 12.8 Å². The zero-order chi connectivity index (χ0) is 20.3. The number of rotatable bonds is 5. The number of anilines is 1. The summed E-state index contributed by atoms with van der Waals surface area (Å²) in [7, 11) is 0. The molecular formula is C22H26N6O2. The molecule has 3 aromatic rings. The van der Waals surface area contributed by atoms with Crippen LogP contribution >= 0.6 is 0 Å². The van der Waals surface area contributed by atoms with Gasteiger partial charge in [-0.3, -0.25) is 14.4 Å². The molecule has 1 aromatic carbocycles. The Morgan fingerprint density at radius 3 is 2.57 bits per heavy atom. The molecule has 1 saturated carbocycles. The lowest BCUT2D eigenvalue weighted by Gasteiger charge is -2.50. The van der Waals surface area contributed by atoms with E-state index in [-0.39, 0.29) is 5.54 Å². The van der Waals surface area contributed by atoms with E-state index in [9.17, 15) is 4.79 Å². The summed E-state index contributed by atoms with van der Waals surface area (Å²) in [5, 5.41) is 10.1. The van der Waals surface area contributed by atoms with Crippen LogP contribution in [0.4, 0.5) is 5.69 Å². The lowest BCUT2D eigenvalue weighted by Crippen LogP contribution is -2.64. The Kier molecular flexibility index (Phi) is 4.01. The first-order valence-corrected chi connectivity index (χ1v) is 10.7. The summed E-state index contributed by atoms with van der Waals surface area (Å²) >= 11 is 0. The van der Waals surface area contributed by atoms with Crippen molar-refractivity contribution < 1.29 is 9.53 Å². The van der Waals surface area contributed by atoms with Crippen molar-refractivity contribution in [2.75, 3.05) is 44.3 Å². The number of hydrogen-bond donors (Lipinski definition) is 0. The van der Waals surface area contributed by atoms with Gasteiger partial charge in [-0.05, 0) is 31.9 Å². The highest BCUT2D eigenvalue weighted by Gasteiger charge is 2.40. The van der Waals surface area contributed by atoms with Crippen LogP contribution in [0.1, 0.15) is 36.2 Å². The van der Waals surface area contributed by atoms with E-state index in [0.29, 0.717) is 6.04 Å². The first-order chi connectivity index (χ1) is 14.6. The van der Waals surface area contributed by atoms with Gasteiger partial charge in [0.15, 0.2) is 6.29 Å². The lowest BCUT2D eigenvalue weighted by atomic mass is 9.96. The maximum atomic E-state index is 11.9. The third-order valence-corrected chi connectivity index (χ3v) is 6.81. The van der Waals surface area contributed by atoms with Crippen molar-refractivity contribution in [2.24, 2.45) is 0 Å². The Morgan fingerprint density at radius 1 is 1.10 bits per heavy atom. The molecule has 2 aromatic heterocycles. The summed E-state index contributed by atoms with van der Waals surface area (Å²) in [6.45, 7) is 7.65. The molecule has 8 heteroatoms. The minimum Gasteiger partial charge on any atom is -0.377 e. The molecular weight excluding hydrogens is 380 g/mol. The first kappa shape index (κ1) is 18.1. The highest BCUT2D eigenvalue weighted by atomic mass is 16.5. The van der Waals surface area contributed by atoms with Crippen LogP contribution in [-0.2, 0) is 4.74 Å². The number of ether oxygens (including phenoxy) is 1. The second-order valence-corrected chi connectivity index (χ2v) is 9.02. The van der Waals surface area contributed by atoms with E-state index in [1.807, 2.05) is 27.8 Å². The molecule has 0 amide bonds. The number of carbonyl (C=O) groups excluding carboxylic acids is 1. The van der Waals surface area contributed by atoms with Gasteiger partial charge in [-0.1, -0.05) is 0 Å². The largest absolute Gasteiger partial charge is 0.377 e. The van der Waals surface area contributed by atoms with Crippen LogP contribution in [0.25, 0.3) is 16.6 Å². The second-order valence-electron chi connectivity index (χ2n) is 9.02. The number of nitrogens with zero attached hydrogens (tertiary/aromatic N) is 6. The number of aldehydes is 1. The van der Waals surface area contributed by atoms with E-state index in [2.05, 4.69) is 39.2 Å². The predicted octanol–water partition coefficient (Wildman–Crippen LogP) is 2.28. The summed E-state index contributed by atoms with van der Waals surface area (Å²) in [6.07, 6.45) is 9.13. The van der Waals surface area contributed by atoms with Crippen molar-refractivity contribution in [3.8, 4) is 5.69 Å². The summed E-state index contributed by atoms with van der Waals surface area (Å²) < 4.78 is 9.40. The van der Waals surface area contributed by atoms with Gasteiger partial charge >= 0.3 is 0 Å². The zero-order valence-corrected chi connectivity index (χ0v) is 17.2. The molecule has 0 N–H and O–H groups in total. The standard InChI is InChI=1S/C22H26N6O2/c1-22(14-30-15-22)26-6-4-25(5-7-26)20-9-21-16(8-17(20)13-29)10-24-28(21)19-11-23-27(12-19)18-2-3-18/h8-13,18H,2-7,14-15H2,1H3. The van der Waals surface area contributed by atoms with Gasteiger partial charge in [0.2, 0.25) is 0 Å². The van der Waals surface area contributed by atoms with Crippen LogP contribution in [0, 0.1) is 0 Å². The Morgan fingerprint density at radius 2 is 1.90 bits per heavy atom. The van der Waals surface area contributed by atoms with Gasteiger partial charge in [0.05, 0.1) is 48.9 Å². The Labute approximate surface area is 175 Å². The zero-order valence-electron chi connectivity index (χ0n) is 17.2. The summed E-state index contributed by atoms with van der Waals surface area (Å²) in [5.74, 6) is 0. The molecule has 3 aliphatic rings. The minimum absolute atomic E-state index is 0.171. The van der Waals surface area contributed by atoms with Crippen molar-refractivity contribution in [1.29, 1.82) is 0 Å². The number of benzene rings is 1. The average Bonchev–Trinajstić information content (AvgIpc) is 3.34. The van der Waals surface area contributed by atoms with Gasteiger partial charge in [0, 0.05) is 42.8 Å². The fourth-order valence-electron chi connectivity index (χ4n) is 4.70. The minimum atomic E-state index is 0.171. The van der Waals surface area contributed by atoms with E-state index < -0.39 is 0 Å². The number of aromatic nitrogens is 4. The van der Waals surface area contributed by atoms with Crippen molar-refractivity contribution in [1.82, 2.24) is 24.5 Å². The maximum absolute atomic E-state index is 11.9. The second kappa shape index (κ2) is 6.65. The monoisotopic (exact) mass is 406 g/mol. The highest BCUT2D eigenvalue weighted by molar-refractivity contribution is 5.95. The van der Waals surface area contributed by atoms with Gasteiger partial charge in [-0.25, -0.2) is 4.68 Å². The molecule has 156 valence electrons. The third-order valence-electron chi connectivity index (χ3n) is 6.81. The van der Waals surface area contributed by atoms with Gasteiger partial charge in [-0.15, -0.1) is 0 Å². The number of carbonyl (C=O) groups is 1. The van der Waals surface area contributed by atoms with Crippen molar-refractivity contribution in [2.45, 2.75) is 31.3 Å². The molecule has 1 aliphatic carbocycles. The molecule has 8 nitrogen and oxygen atoms in total. The quantitative estimate of drug-likeness (QED) is 0.606. The van der Waals surface area contributed by atoms with E-state index in [0.717, 1.165) is 73.5 Å². The van der Waals surface area contributed by atoms with Gasteiger partial charge < -0.3 is 9.64 Å². The van der Waals surface area contributed by atoms with Gasteiger partial charge in [-0.2, -0.15) is 10.2 Å². The average molecular weight is 406 g/mol. The lowest BCUT2D eigenvalue weighted by molar-refractivity contribution is -0.131. The number of fused-ring (bicyclic) bond motifs is 1. The normalized spacial score (nSPS) is 21.7. The molecule has 30 heavy (non-hydrogen) atoms. The Hall–Kier alpha value is -2.71. The topological polar surface area (TPSA) is 68.4 Å². The van der Waals surface area contributed by atoms with Crippen LogP contribution in [-0.4, -0.2) is 75.7 Å². The van der Waals surface area contributed by atoms with Crippen molar-refractivity contribution >= 4 is 22.9 Å². The molecule has 4 heterocycles. The van der Waals surface area contributed by atoms with Crippen molar-refractivity contribution in [3.05, 3.63) is 36.3 Å². The smallest absolute Gasteiger partial charge is 0.152 e. The van der Waals surface area contributed by atoms with Crippen LogP contribution in [0.15, 0.2) is 30.7 Å². The van der Waals surface area contributed by atoms with Gasteiger partial charge in [0.1, 0.15) is 5.69 Å². The van der Waals surface area contributed by atoms with Crippen LogP contribution in [0.5, 0.6) is 0 Å². The van der Waals surface area contributed by atoms with E-state index in [1.54, 1.807) is 0 Å². The summed E-state index contributed by atoms with van der Waals surface area (Å²) in [6, 6.07) is 4.61. The van der Waals surface area contributed by atoms with E-state index in [4.69, 9.17) is 4.74 Å². The highest BCUT2D eigenvalue weighted by Crippen LogP contribution is 2.35. The summed E-state index contributed by atoms with van der Waals surface area (Å²) in [4.78, 5) is 16.7. The fraction of sp³-hybridized carbons (Fsp3) is 0.500. The molecule has 6 rings (SSSR count). The molecule has 0 atom stereocenters. The Bertz CT molecular complexity index is 1100. The molecule has 0 spiro atoms. The van der Waals surface area contributed by atoms with Crippen LogP contribution < -0.4 is 4.90 Å². The molecule has 3 fully saturated rings. The van der Waals surface area contributed by atoms with Crippen molar-refractivity contribution in [3.63, 3.8) is 0 Å². The summed E-state index contributed by atoms with van der Waals surface area (Å²) in [5.41, 5.74) is 3.85. The fourth-order valence-corrected chi connectivity index (χ4v) is 4.70. The molecule has 0 bridgehead atoms. The van der Waals surface area contributed by atoms with E-state index >= 15 is 0 Å². The SMILES string of the molecule is CC1(N2CCN(c3cc4c(cnn4-c4cnn(C5CC5)c4)cc3C=O)CC2)COC1. The van der Waals surface area contributed by atoms with Crippen LogP contribution in [0.2, 0.25) is 0 Å². The third kappa shape index (κ3) is 2.86. The number of hydrogen-bond acceptors (Lipinski definition) is 6. The molecule has 2 aliphatic heterocycles. The number of piperazine rings is 1. The molecule has 0 unspecified atom stereocenters. The first-order valence-electron chi connectivity index (χ1n) is 10.7. The Balaban J connectivity index is 1.32. The van der Waals surface area contributed by atoms with Gasteiger partial charge in [0.25, 0.3) is 0 Å². The van der Waals surface area contributed by atoms with Crippen LogP contribution in [0.3, 0.4) is 0 Å². The predicted molar refractivity (Wildman–Crippen MR) is 114 cm³/mol.